The van der Waals surface area contributed by atoms with Gasteiger partial charge in [-0.2, -0.15) is 28.7 Å². The predicted molar refractivity (Wildman–Crippen MR) is 141 cm³/mol. The maximum absolute atomic E-state index is 13.6. The largest absolute Gasteiger partial charge is 0.444 e. The Morgan fingerprint density at radius 1 is 1.02 bits per heavy atom. The minimum Gasteiger partial charge on any atom is -0.444 e. The molecule has 204 valence electrons. The molecule has 5 rings (SSSR count). The zero-order valence-electron chi connectivity index (χ0n) is 21.4. The maximum Gasteiger partial charge on any atom is 0.416 e. The Hall–Kier alpha value is -5.62. The number of anilines is 3. The van der Waals surface area contributed by atoms with Gasteiger partial charge in [0, 0.05) is 11.4 Å². The lowest BCUT2D eigenvalue weighted by Crippen LogP contribution is -2.31. The van der Waals surface area contributed by atoms with E-state index in [1.165, 1.54) is 21.7 Å². The number of alkyl halides is 3. The fourth-order valence-corrected chi connectivity index (χ4v) is 4.46. The van der Waals surface area contributed by atoms with Crippen LogP contribution in [0.25, 0.3) is 0 Å². The van der Waals surface area contributed by atoms with Crippen LogP contribution >= 0.6 is 0 Å². The van der Waals surface area contributed by atoms with Crippen LogP contribution in [0, 0.1) is 22.7 Å². The van der Waals surface area contributed by atoms with Gasteiger partial charge in [0.2, 0.25) is 5.95 Å². The number of hydrogen-bond acceptors (Lipinski definition) is 7. The molecule has 41 heavy (non-hydrogen) atoms. The molecule has 1 aliphatic heterocycles. The maximum atomic E-state index is 13.6. The van der Waals surface area contributed by atoms with Crippen molar-refractivity contribution in [1.82, 2.24) is 14.8 Å². The minimum absolute atomic E-state index is 0.0102. The van der Waals surface area contributed by atoms with Gasteiger partial charge in [0.1, 0.15) is 12.6 Å². The highest BCUT2D eigenvalue weighted by molar-refractivity contribution is 5.83. The third kappa shape index (κ3) is 5.44. The second-order valence-electron chi connectivity index (χ2n) is 9.00. The Labute approximate surface area is 232 Å². The van der Waals surface area contributed by atoms with Gasteiger partial charge in [-0.3, -0.25) is 10.2 Å². The van der Waals surface area contributed by atoms with Gasteiger partial charge in [0.15, 0.2) is 0 Å². The topological polar surface area (TPSA) is 120 Å². The van der Waals surface area contributed by atoms with Crippen molar-refractivity contribution < 1.29 is 22.7 Å². The average Bonchev–Trinajstić information content (AvgIpc) is 3.38. The number of hydrogen-bond donors (Lipinski definition) is 1. The van der Waals surface area contributed by atoms with Crippen LogP contribution in [0.1, 0.15) is 35.2 Å². The van der Waals surface area contributed by atoms with Gasteiger partial charge in [-0.15, -0.1) is 5.10 Å². The van der Waals surface area contributed by atoms with E-state index >= 15 is 0 Å². The summed E-state index contributed by atoms with van der Waals surface area (Å²) < 4.78 is 47.3. The summed E-state index contributed by atoms with van der Waals surface area (Å²) in [5, 5.41) is 26.2. The zero-order chi connectivity index (χ0) is 29.1. The summed E-state index contributed by atoms with van der Waals surface area (Å²) in [5.41, 5.74) is 1.45. The molecule has 1 aromatic heterocycles. The molecule has 0 fully saturated rings. The lowest BCUT2D eigenvalue weighted by Gasteiger charge is -2.34. The first-order valence-electron chi connectivity index (χ1n) is 12.2. The Morgan fingerprint density at radius 3 is 2.41 bits per heavy atom. The molecule has 4 aromatic rings. The lowest BCUT2D eigenvalue weighted by atomic mass is 9.95. The molecule has 0 radical (unpaired) electrons. The van der Waals surface area contributed by atoms with E-state index in [1.807, 2.05) is 12.1 Å². The number of nitrogens with zero attached hydrogens (tertiary/aromatic N) is 6. The summed E-state index contributed by atoms with van der Waals surface area (Å²) in [4.78, 5) is 18.3. The van der Waals surface area contributed by atoms with Crippen LogP contribution in [0.2, 0.25) is 0 Å². The number of benzene rings is 3. The third-order valence-corrected chi connectivity index (χ3v) is 6.39. The van der Waals surface area contributed by atoms with E-state index in [0.717, 1.165) is 17.7 Å². The lowest BCUT2D eigenvalue weighted by molar-refractivity contribution is -0.137. The SMILES string of the molecule is CC1=C(C#N)C(c2ccc(C#N)cc2)n2nc(NC(=O)OCc3ccccc3)nc2N1c1cccc(C(F)(F)F)c1. The van der Waals surface area contributed by atoms with Gasteiger partial charge in [0.25, 0.3) is 5.95 Å². The molecule has 1 N–H and O–H groups in total. The molecule has 2 heterocycles. The fraction of sp³-hybridized carbons (Fsp3) is 0.138. The number of amides is 1. The molecular formula is C29H20F3N7O2. The van der Waals surface area contributed by atoms with Crippen LogP contribution in [0.15, 0.2) is 90.1 Å². The third-order valence-electron chi connectivity index (χ3n) is 6.39. The number of aromatic nitrogens is 3. The first kappa shape index (κ1) is 27.0. The molecule has 1 atom stereocenters. The van der Waals surface area contributed by atoms with Crippen molar-refractivity contribution in [3.05, 3.63) is 112 Å². The number of halogens is 3. The number of ether oxygens (including phenoxy) is 1. The Bertz CT molecular complexity index is 1720. The second-order valence-corrected chi connectivity index (χ2v) is 9.00. The molecule has 1 amide bonds. The van der Waals surface area contributed by atoms with Crippen LogP contribution in [-0.2, 0) is 17.5 Å². The van der Waals surface area contributed by atoms with E-state index in [1.54, 1.807) is 55.5 Å². The van der Waals surface area contributed by atoms with Crippen LogP contribution in [0.5, 0.6) is 0 Å². The van der Waals surface area contributed by atoms with Gasteiger partial charge in [-0.05, 0) is 48.4 Å². The zero-order valence-corrected chi connectivity index (χ0v) is 21.4. The summed E-state index contributed by atoms with van der Waals surface area (Å²) in [6, 6.07) is 23.4. The Morgan fingerprint density at radius 2 is 1.76 bits per heavy atom. The van der Waals surface area contributed by atoms with Gasteiger partial charge < -0.3 is 4.74 Å². The highest BCUT2D eigenvalue weighted by Gasteiger charge is 2.37. The molecule has 0 bridgehead atoms. The molecule has 0 saturated carbocycles. The Kier molecular flexibility index (Phi) is 7.15. The van der Waals surface area contributed by atoms with E-state index in [0.29, 0.717) is 16.8 Å². The van der Waals surface area contributed by atoms with Crippen molar-refractivity contribution in [3.8, 4) is 12.1 Å². The quantitative estimate of drug-likeness (QED) is 0.300. The van der Waals surface area contributed by atoms with E-state index < -0.39 is 23.9 Å². The molecule has 0 saturated heterocycles. The average molecular weight is 556 g/mol. The highest BCUT2D eigenvalue weighted by Crippen LogP contribution is 2.43. The first-order valence-corrected chi connectivity index (χ1v) is 12.2. The van der Waals surface area contributed by atoms with E-state index in [9.17, 15) is 28.5 Å². The molecule has 1 unspecified atom stereocenters. The van der Waals surface area contributed by atoms with E-state index in [-0.39, 0.29) is 29.8 Å². The number of rotatable bonds is 5. The summed E-state index contributed by atoms with van der Waals surface area (Å²) in [6.07, 6.45) is -5.45. The fourth-order valence-electron chi connectivity index (χ4n) is 4.46. The Balaban J connectivity index is 1.57. The van der Waals surface area contributed by atoms with Crippen LogP contribution in [0.3, 0.4) is 0 Å². The van der Waals surface area contributed by atoms with Crippen molar-refractivity contribution in [2.24, 2.45) is 0 Å². The monoisotopic (exact) mass is 555 g/mol. The summed E-state index contributed by atoms with van der Waals surface area (Å²) in [7, 11) is 0. The predicted octanol–water partition coefficient (Wildman–Crippen LogP) is 6.46. The summed E-state index contributed by atoms with van der Waals surface area (Å²) in [5.74, 6) is -0.116. The molecule has 0 spiro atoms. The number of nitrogens with one attached hydrogen (secondary N) is 1. The van der Waals surface area contributed by atoms with Gasteiger partial charge >= 0.3 is 12.3 Å². The van der Waals surface area contributed by atoms with Crippen molar-refractivity contribution in [2.45, 2.75) is 25.7 Å². The van der Waals surface area contributed by atoms with Gasteiger partial charge in [0.05, 0.1) is 28.8 Å². The number of allylic oxidation sites excluding steroid dienone is 2. The molecule has 1 aliphatic rings. The number of fused-ring (bicyclic) bond motifs is 1. The first-order chi connectivity index (χ1) is 19.7. The number of nitriles is 2. The van der Waals surface area contributed by atoms with Crippen molar-refractivity contribution >= 4 is 23.7 Å². The second kappa shape index (κ2) is 10.9. The summed E-state index contributed by atoms with van der Waals surface area (Å²) >= 11 is 0. The smallest absolute Gasteiger partial charge is 0.416 e. The van der Waals surface area contributed by atoms with Gasteiger partial charge in [-0.1, -0.05) is 48.5 Å². The van der Waals surface area contributed by atoms with Crippen LogP contribution in [-0.4, -0.2) is 20.9 Å². The van der Waals surface area contributed by atoms with Crippen LogP contribution in [0.4, 0.5) is 35.5 Å². The van der Waals surface area contributed by atoms with Crippen molar-refractivity contribution in [1.29, 1.82) is 10.5 Å². The number of carbonyl (C=O) groups excluding carboxylic acids is 1. The summed E-state index contributed by atoms with van der Waals surface area (Å²) in [6.45, 7) is 1.58. The molecule has 0 aliphatic carbocycles. The number of carbonyl (C=O) groups is 1. The van der Waals surface area contributed by atoms with Crippen molar-refractivity contribution in [3.63, 3.8) is 0 Å². The van der Waals surface area contributed by atoms with E-state index in [4.69, 9.17) is 4.74 Å². The highest BCUT2D eigenvalue weighted by atomic mass is 19.4. The molecule has 12 heteroatoms. The molecule has 9 nitrogen and oxygen atoms in total. The standard InChI is InChI=1S/C29H20F3N7O2/c1-18-24(16-34)25(21-12-10-19(15-33)11-13-21)39-27(38(18)23-9-5-8-22(14-23)29(30,31)32)35-26(37-39)36-28(40)41-17-20-6-3-2-4-7-20/h2-14,25H,17H2,1H3,(H,36,37,40). The normalized spacial score (nSPS) is 14.6. The van der Waals surface area contributed by atoms with E-state index in [2.05, 4.69) is 21.5 Å². The minimum atomic E-state index is -4.60. The molecule has 3 aromatic carbocycles. The van der Waals surface area contributed by atoms with Crippen molar-refractivity contribution in [2.75, 3.05) is 10.2 Å². The van der Waals surface area contributed by atoms with Gasteiger partial charge in [-0.25, -0.2) is 9.48 Å². The molecular weight excluding hydrogens is 535 g/mol. The van der Waals surface area contributed by atoms with Crippen LogP contribution < -0.4 is 10.2 Å².